The third-order valence-electron chi connectivity index (χ3n) is 5.19. The number of rotatable bonds is 7. The van der Waals surface area contributed by atoms with E-state index in [9.17, 15) is 4.79 Å². The minimum absolute atomic E-state index is 0.0877. The SMILES string of the molecule is COc1ccc(-c2ccc(C(=O)N(CC3CC3)CC3CCCO3)cc2)nn1. The quantitative estimate of drug-likeness (QED) is 0.752. The number of carbonyl (C=O) groups is 1. The fourth-order valence-electron chi connectivity index (χ4n) is 3.44. The van der Waals surface area contributed by atoms with Crippen LogP contribution >= 0.6 is 0 Å². The molecule has 1 aromatic carbocycles. The highest BCUT2D eigenvalue weighted by molar-refractivity contribution is 5.94. The number of hydrogen-bond acceptors (Lipinski definition) is 5. The molecule has 2 aromatic rings. The van der Waals surface area contributed by atoms with E-state index in [2.05, 4.69) is 10.2 Å². The van der Waals surface area contributed by atoms with Crippen molar-refractivity contribution in [1.29, 1.82) is 0 Å². The second-order valence-corrected chi connectivity index (χ2v) is 7.33. The summed E-state index contributed by atoms with van der Waals surface area (Å²) in [6.45, 7) is 2.35. The molecule has 27 heavy (non-hydrogen) atoms. The van der Waals surface area contributed by atoms with Gasteiger partial charge < -0.3 is 14.4 Å². The van der Waals surface area contributed by atoms with E-state index in [0.29, 0.717) is 23.9 Å². The van der Waals surface area contributed by atoms with Crippen LogP contribution in [0.15, 0.2) is 36.4 Å². The van der Waals surface area contributed by atoms with Crippen LogP contribution in [0, 0.1) is 5.92 Å². The fourth-order valence-corrected chi connectivity index (χ4v) is 3.44. The van der Waals surface area contributed by atoms with Crippen LogP contribution in [0.5, 0.6) is 5.88 Å². The number of benzene rings is 1. The maximum atomic E-state index is 13.1. The standard InChI is InChI=1S/C21H25N3O3/c1-26-20-11-10-19(22-23-20)16-6-8-17(9-7-16)21(25)24(13-15-4-5-15)14-18-3-2-12-27-18/h6-11,15,18H,2-5,12-14H2,1H3. The Hall–Kier alpha value is -2.47. The Balaban J connectivity index is 1.47. The molecular weight excluding hydrogens is 342 g/mol. The third kappa shape index (κ3) is 4.45. The molecule has 1 aliphatic carbocycles. The van der Waals surface area contributed by atoms with Gasteiger partial charge in [0.1, 0.15) is 0 Å². The maximum absolute atomic E-state index is 13.1. The number of carbonyl (C=O) groups excluding carboxylic acids is 1. The van der Waals surface area contributed by atoms with E-state index in [0.717, 1.165) is 37.3 Å². The van der Waals surface area contributed by atoms with Crippen molar-refractivity contribution in [2.45, 2.75) is 31.8 Å². The molecule has 0 spiro atoms. The van der Waals surface area contributed by atoms with Gasteiger partial charge in [-0.3, -0.25) is 4.79 Å². The van der Waals surface area contributed by atoms with Crippen molar-refractivity contribution in [3.63, 3.8) is 0 Å². The van der Waals surface area contributed by atoms with Crippen LogP contribution in [0.2, 0.25) is 0 Å². The van der Waals surface area contributed by atoms with Gasteiger partial charge in [-0.05, 0) is 49.8 Å². The van der Waals surface area contributed by atoms with E-state index < -0.39 is 0 Å². The Morgan fingerprint density at radius 2 is 1.93 bits per heavy atom. The van der Waals surface area contributed by atoms with Crippen molar-refractivity contribution >= 4 is 5.91 Å². The minimum Gasteiger partial charge on any atom is -0.480 e. The lowest BCUT2D eigenvalue weighted by atomic mass is 10.1. The Kier molecular flexibility index (Phi) is 5.34. The van der Waals surface area contributed by atoms with Crippen LogP contribution in [0.25, 0.3) is 11.3 Å². The lowest BCUT2D eigenvalue weighted by molar-refractivity contribution is 0.0515. The van der Waals surface area contributed by atoms with Gasteiger partial charge in [0.05, 0.1) is 18.9 Å². The van der Waals surface area contributed by atoms with Crippen molar-refractivity contribution in [3.05, 3.63) is 42.0 Å². The summed E-state index contributed by atoms with van der Waals surface area (Å²) < 4.78 is 10.8. The molecule has 0 radical (unpaired) electrons. The average Bonchev–Trinajstić information content (AvgIpc) is 3.39. The number of methoxy groups -OCH3 is 1. The molecule has 1 aliphatic heterocycles. The van der Waals surface area contributed by atoms with Crippen LogP contribution in [0.3, 0.4) is 0 Å². The van der Waals surface area contributed by atoms with Crippen molar-refractivity contribution < 1.29 is 14.3 Å². The van der Waals surface area contributed by atoms with Gasteiger partial charge in [0.25, 0.3) is 5.91 Å². The van der Waals surface area contributed by atoms with Crippen LogP contribution in [0.4, 0.5) is 0 Å². The lowest BCUT2D eigenvalue weighted by Crippen LogP contribution is -2.38. The van der Waals surface area contributed by atoms with E-state index >= 15 is 0 Å². The third-order valence-corrected chi connectivity index (χ3v) is 5.19. The molecular formula is C21H25N3O3. The molecule has 2 heterocycles. The monoisotopic (exact) mass is 367 g/mol. The first kappa shape index (κ1) is 17.9. The smallest absolute Gasteiger partial charge is 0.253 e. The summed E-state index contributed by atoms with van der Waals surface area (Å²) in [6, 6.07) is 11.2. The lowest BCUT2D eigenvalue weighted by Gasteiger charge is -2.25. The molecule has 6 heteroatoms. The molecule has 4 rings (SSSR count). The summed E-state index contributed by atoms with van der Waals surface area (Å²) >= 11 is 0. The zero-order valence-electron chi connectivity index (χ0n) is 15.6. The zero-order chi connectivity index (χ0) is 18.6. The molecule has 2 fully saturated rings. The second kappa shape index (κ2) is 8.05. The Bertz CT molecular complexity index is 766. The molecule has 0 N–H and O–H groups in total. The molecule has 142 valence electrons. The van der Waals surface area contributed by atoms with E-state index in [1.54, 1.807) is 13.2 Å². The van der Waals surface area contributed by atoms with E-state index in [1.165, 1.54) is 12.8 Å². The molecule has 1 saturated heterocycles. The Morgan fingerprint density at radius 3 is 2.52 bits per heavy atom. The largest absolute Gasteiger partial charge is 0.480 e. The van der Waals surface area contributed by atoms with Crippen LogP contribution in [-0.2, 0) is 4.74 Å². The molecule has 6 nitrogen and oxygen atoms in total. The van der Waals surface area contributed by atoms with Gasteiger partial charge in [-0.25, -0.2) is 0 Å². The van der Waals surface area contributed by atoms with Gasteiger partial charge in [-0.15, -0.1) is 10.2 Å². The van der Waals surface area contributed by atoms with Crippen molar-refractivity contribution in [2.75, 3.05) is 26.8 Å². The summed E-state index contributed by atoms with van der Waals surface area (Å²) in [5, 5.41) is 8.15. The molecule has 1 atom stereocenters. The first-order valence-corrected chi connectivity index (χ1v) is 9.62. The fraction of sp³-hybridized carbons (Fsp3) is 0.476. The van der Waals surface area contributed by atoms with Crippen LogP contribution < -0.4 is 4.74 Å². The number of aromatic nitrogens is 2. The van der Waals surface area contributed by atoms with Crippen molar-refractivity contribution in [3.8, 4) is 17.1 Å². The van der Waals surface area contributed by atoms with Crippen molar-refractivity contribution in [2.24, 2.45) is 5.92 Å². The first-order chi connectivity index (χ1) is 13.2. The molecule has 2 aliphatic rings. The Morgan fingerprint density at radius 1 is 1.11 bits per heavy atom. The normalized spacial score (nSPS) is 19.1. The summed E-state index contributed by atoms with van der Waals surface area (Å²) in [7, 11) is 1.56. The molecule has 1 amide bonds. The van der Waals surface area contributed by atoms with Gasteiger partial charge >= 0.3 is 0 Å². The first-order valence-electron chi connectivity index (χ1n) is 9.62. The van der Waals surface area contributed by atoms with Crippen LogP contribution in [0.1, 0.15) is 36.0 Å². The maximum Gasteiger partial charge on any atom is 0.253 e. The summed E-state index contributed by atoms with van der Waals surface area (Å²) in [6.07, 6.45) is 4.77. The predicted molar refractivity (Wildman–Crippen MR) is 102 cm³/mol. The van der Waals surface area contributed by atoms with Gasteiger partial charge in [0, 0.05) is 36.9 Å². The van der Waals surface area contributed by atoms with E-state index in [1.807, 2.05) is 35.2 Å². The highest BCUT2D eigenvalue weighted by Gasteiger charge is 2.30. The molecule has 1 unspecified atom stereocenters. The highest BCUT2D eigenvalue weighted by atomic mass is 16.5. The van der Waals surface area contributed by atoms with Gasteiger partial charge in [0.2, 0.25) is 5.88 Å². The number of amides is 1. The summed E-state index contributed by atoms with van der Waals surface area (Å²) in [5.74, 6) is 1.23. The Labute approximate surface area is 159 Å². The topological polar surface area (TPSA) is 64.5 Å². The summed E-state index contributed by atoms with van der Waals surface area (Å²) in [4.78, 5) is 15.0. The van der Waals surface area contributed by atoms with Gasteiger partial charge in [-0.1, -0.05) is 12.1 Å². The van der Waals surface area contributed by atoms with Gasteiger partial charge in [0.15, 0.2) is 0 Å². The van der Waals surface area contributed by atoms with Gasteiger partial charge in [-0.2, -0.15) is 0 Å². The molecule has 1 saturated carbocycles. The second-order valence-electron chi connectivity index (χ2n) is 7.33. The van der Waals surface area contributed by atoms with Crippen LogP contribution in [-0.4, -0.2) is 53.9 Å². The molecule has 0 bridgehead atoms. The number of nitrogens with zero attached hydrogens (tertiary/aromatic N) is 3. The molecule has 1 aromatic heterocycles. The number of hydrogen-bond donors (Lipinski definition) is 0. The predicted octanol–water partition coefficient (Wildman–Crippen LogP) is 3.18. The van der Waals surface area contributed by atoms with E-state index in [-0.39, 0.29) is 12.0 Å². The van der Waals surface area contributed by atoms with Crippen molar-refractivity contribution in [1.82, 2.24) is 15.1 Å². The number of ether oxygens (including phenoxy) is 2. The van der Waals surface area contributed by atoms with E-state index in [4.69, 9.17) is 9.47 Å². The zero-order valence-corrected chi connectivity index (χ0v) is 15.6. The minimum atomic E-state index is 0.0877. The average molecular weight is 367 g/mol. The highest BCUT2D eigenvalue weighted by Crippen LogP contribution is 2.31. The summed E-state index contributed by atoms with van der Waals surface area (Å²) in [5.41, 5.74) is 2.39.